The molecule has 4 heteroatoms. The largest absolute Gasteiger partial charge is 0.488 e. The lowest BCUT2D eigenvalue weighted by Gasteiger charge is -2.17. The Bertz CT molecular complexity index is 768. The molecule has 0 fully saturated rings. The molecule has 0 saturated heterocycles. The predicted octanol–water partition coefficient (Wildman–Crippen LogP) is 5.92. The minimum absolute atomic E-state index is 0.246. The summed E-state index contributed by atoms with van der Waals surface area (Å²) in [6, 6.07) is 9.77. The molecule has 0 saturated carbocycles. The van der Waals surface area contributed by atoms with E-state index in [-0.39, 0.29) is 5.97 Å². The molecule has 0 aliphatic heterocycles. The van der Waals surface area contributed by atoms with Crippen molar-refractivity contribution in [2.24, 2.45) is 0 Å². The molecular formula is C22H27ClO3. The number of hydrogen-bond acceptors (Lipinski definition) is 3. The number of ether oxygens (including phenoxy) is 2. The van der Waals surface area contributed by atoms with Crippen LogP contribution in [0.15, 0.2) is 30.3 Å². The molecule has 0 heterocycles. The van der Waals surface area contributed by atoms with Crippen LogP contribution in [0.3, 0.4) is 0 Å². The van der Waals surface area contributed by atoms with E-state index in [0.717, 1.165) is 52.3 Å². The Morgan fingerprint density at radius 3 is 2.23 bits per heavy atom. The summed E-state index contributed by atoms with van der Waals surface area (Å²) in [5, 5.41) is 0.723. The molecule has 0 amide bonds. The molecule has 0 atom stereocenters. The monoisotopic (exact) mass is 374 g/mol. The van der Waals surface area contributed by atoms with Crippen LogP contribution in [0.4, 0.5) is 0 Å². The van der Waals surface area contributed by atoms with Gasteiger partial charge in [-0.25, -0.2) is 0 Å². The second-order valence-electron chi connectivity index (χ2n) is 6.12. The van der Waals surface area contributed by atoms with E-state index in [2.05, 4.69) is 26.8 Å². The first-order chi connectivity index (χ1) is 12.5. The van der Waals surface area contributed by atoms with Gasteiger partial charge in [-0.3, -0.25) is 4.79 Å². The van der Waals surface area contributed by atoms with E-state index in [1.54, 1.807) is 6.92 Å². The SMILES string of the molecule is CCC(=O)Oc1cccc(CC)c1COc1cc(Cl)c(CC)cc1CC. The highest BCUT2D eigenvalue weighted by Crippen LogP contribution is 2.31. The van der Waals surface area contributed by atoms with Crippen LogP contribution in [0.25, 0.3) is 0 Å². The number of rotatable bonds is 8. The summed E-state index contributed by atoms with van der Waals surface area (Å²) < 4.78 is 11.6. The van der Waals surface area contributed by atoms with Gasteiger partial charge in [-0.15, -0.1) is 0 Å². The third-order valence-electron chi connectivity index (χ3n) is 4.49. The van der Waals surface area contributed by atoms with Crippen molar-refractivity contribution < 1.29 is 14.3 Å². The van der Waals surface area contributed by atoms with Crippen LogP contribution in [0.5, 0.6) is 11.5 Å². The van der Waals surface area contributed by atoms with E-state index in [1.807, 2.05) is 24.3 Å². The number of benzene rings is 2. The maximum Gasteiger partial charge on any atom is 0.310 e. The number of hydrogen-bond donors (Lipinski definition) is 0. The maximum atomic E-state index is 11.7. The molecule has 2 aromatic carbocycles. The van der Waals surface area contributed by atoms with Crippen LogP contribution in [0.1, 0.15) is 56.4 Å². The first-order valence-corrected chi connectivity index (χ1v) is 9.67. The zero-order chi connectivity index (χ0) is 19.1. The van der Waals surface area contributed by atoms with Gasteiger partial charge in [0.05, 0.1) is 0 Å². The topological polar surface area (TPSA) is 35.5 Å². The normalized spacial score (nSPS) is 10.7. The zero-order valence-corrected chi connectivity index (χ0v) is 16.8. The van der Waals surface area contributed by atoms with Crippen molar-refractivity contribution in [1.29, 1.82) is 0 Å². The van der Waals surface area contributed by atoms with Crippen molar-refractivity contribution in [1.82, 2.24) is 0 Å². The second kappa shape index (κ2) is 9.63. The molecule has 3 nitrogen and oxygen atoms in total. The van der Waals surface area contributed by atoms with E-state index in [9.17, 15) is 4.79 Å². The Kier molecular flexibility index (Phi) is 7.52. The molecule has 2 rings (SSSR count). The van der Waals surface area contributed by atoms with Gasteiger partial charge in [-0.2, -0.15) is 0 Å². The Labute approximate surface area is 161 Å². The summed E-state index contributed by atoms with van der Waals surface area (Å²) in [6.45, 7) is 8.39. The highest BCUT2D eigenvalue weighted by molar-refractivity contribution is 6.31. The average Bonchev–Trinajstić information content (AvgIpc) is 2.66. The number of carbonyl (C=O) groups is 1. The van der Waals surface area contributed by atoms with E-state index >= 15 is 0 Å². The van der Waals surface area contributed by atoms with Crippen molar-refractivity contribution in [2.75, 3.05) is 0 Å². The number of carbonyl (C=O) groups excluding carboxylic acids is 1. The minimum atomic E-state index is -0.246. The van der Waals surface area contributed by atoms with E-state index < -0.39 is 0 Å². The molecule has 0 aliphatic rings. The summed E-state index contributed by atoms with van der Waals surface area (Å²) in [6.07, 6.45) is 2.94. The highest BCUT2D eigenvalue weighted by Gasteiger charge is 2.14. The second-order valence-corrected chi connectivity index (χ2v) is 6.53. The Balaban J connectivity index is 2.31. The predicted molar refractivity (Wildman–Crippen MR) is 106 cm³/mol. The van der Waals surface area contributed by atoms with Crippen molar-refractivity contribution in [2.45, 2.75) is 60.0 Å². The highest BCUT2D eigenvalue weighted by atomic mass is 35.5. The lowest BCUT2D eigenvalue weighted by Crippen LogP contribution is -2.10. The van der Waals surface area contributed by atoms with Gasteiger partial charge in [0.15, 0.2) is 0 Å². The molecular weight excluding hydrogens is 348 g/mol. The molecule has 140 valence electrons. The first kappa shape index (κ1) is 20.3. The van der Waals surface area contributed by atoms with Crippen LogP contribution in [-0.4, -0.2) is 5.97 Å². The molecule has 0 spiro atoms. The van der Waals surface area contributed by atoms with E-state index in [4.69, 9.17) is 21.1 Å². The fourth-order valence-corrected chi connectivity index (χ4v) is 3.17. The van der Waals surface area contributed by atoms with Gasteiger partial charge in [-0.1, -0.05) is 57.5 Å². The van der Waals surface area contributed by atoms with Gasteiger partial charge in [0.1, 0.15) is 18.1 Å². The van der Waals surface area contributed by atoms with Crippen molar-refractivity contribution in [3.05, 3.63) is 57.6 Å². The Hall–Kier alpha value is -2.00. The molecule has 0 N–H and O–H groups in total. The number of halogens is 1. The number of aryl methyl sites for hydroxylation is 3. The van der Waals surface area contributed by atoms with Gasteiger partial charge >= 0.3 is 5.97 Å². The third-order valence-corrected chi connectivity index (χ3v) is 4.84. The Morgan fingerprint density at radius 2 is 1.62 bits per heavy atom. The minimum Gasteiger partial charge on any atom is -0.488 e. The molecule has 26 heavy (non-hydrogen) atoms. The van der Waals surface area contributed by atoms with Gasteiger partial charge in [0.2, 0.25) is 0 Å². The van der Waals surface area contributed by atoms with Crippen LogP contribution in [0.2, 0.25) is 5.02 Å². The fraction of sp³-hybridized carbons (Fsp3) is 0.409. The smallest absolute Gasteiger partial charge is 0.310 e. The molecule has 2 aromatic rings. The summed E-state index contributed by atoms with van der Waals surface area (Å²) >= 11 is 6.37. The maximum absolute atomic E-state index is 11.7. The van der Waals surface area contributed by atoms with Crippen LogP contribution in [0, 0.1) is 0 Å². The standard InChI is InChI=1S/C22H27ClO3/c1-5-15-10-9-11-20(26-22(24)8-4)18(15)14-25-21-13-19(23)16(6-2)12-17(21)7-3/h9-13H,5-8,14H2,1-4H3. The molecule has 0 aromatic heterocycles. The van der Waals surface area contributed by atoms with Crippen LogP contribution in [-0.2, 0) is 30.7 Å². The fourth-order valence-electron chi connectivity index (χ4n) is 2.88. The molecule has 0 bridgehead atoms. The summed E-state index contributed by atoms with van der Waals surface area (Å²) in [4.78, 5) is 11.7. The zero-order valence-electron chi connectivity index (χ0n) is 16.0. The lowest BCUT2D eigenvalue weighted by atomic mass is 10.0. The van der Waals surface area contributed by atoms with Crippen molar-refractivity contribution in [3.63, 3.8) is 0 Å². The summed E-state index contributed by atoms with van der Waals surface area (Å²) in [7, 11) is 0. The molecule has 0 radical (unpaired) electrons. The lowest BCUT2D eigenvalue weighted by molar-refractivity contribution is -0.134. The van der Waals surface area contributed by atoms with Gasteiger partial charge in [-0.05, 0) is 48.1 Å². The van der Waals surface area contributed by atoms with Crippen LogP contribution < -0.4 is 9.47 Å². The molecule has 0 aliphatic carbocycles. The molecule has 0 unspecified atom stereocenters. The summed E-state index contributed by atoms with van der Waals surface area (Å²) in [5.41, 5.74) is 4.28. The van der Waals surface area contributed by atoms with E-state index in [1.165, 1.54) is 0 Å². The Morgan fingerprint density at radius 1 is 0.923 bits per heavy atom. The van der Waals surface area contributed by atoms with E-state index in [0.29, 0.717) is 18.8 Å². The van der Waals surface area contributed by atoms with Gasteiger partial charge in [0.25, 0.3) is 0 Å². The van der Waals surface area contributed by atoms with Gasteiger partial charge in [0, 0.05) is 17.0 Å². The average molecular weight is 375 g/mol. The summed E-state index contributed by atoms with van der Waals surface area (Å²) in [5.74, 6) is 1.11. The van der Waals surface area contributed by atoms with Crippen LogP contribution >= 0.6 is 11.6 Å². The van der Waals surface area contributed by atoms with Crippen molar-refractivity contribution >= 4 is 17.6 Å². The quantitative estimate of drug-likeness (QED) is 0.425. The van der Waals surface area contributed by atoms with Gasteiger partial charge < -0.3 is 9.47 Å². The number of esters is 1. The first-order valence-electron chi connectivity index (χ1n) is 9.29. The van der Waals surface area contributed by atoms with Crippen molar-refractivity contribution in [3.8, 4) is 11.5 Å². The third kappa shape index (κ3) is 4.79.